The molecule has 1 unspecified atom stereocenters. The summed E-state index contributed by atoms with van der Waals surface area (Å²) in [6.45, 7) is 1.64. The number of aldehydes is 1. The van der Waals surface area contributed by atoms with Crippen LogP contribution in [0.1, 0.15) is 13.8 Å². The van der Waals surface area contributed by atoms with E-state index in [4.69, 9.17) is 0 Å². The molecule has 0 aliphatic heterocycles. The van der Waals surface area contributed by atoms with Gasteiger partial charge in [0, 0.05) is 5.92 Å². The Morgan fingerprint density at radius 2 is 1.47 bits per heavy atom. The Labute approximate surface area is 81.2 Å². The van der Waals surface area contributed by atoms with Gasteiger partial charge in [-0.15, -0.1) is 0 Å². The highest BCUT2D eigenvalue weighted by Crippen LogP contribution is 2.40. The summed E-state index contributed by atoms with van der Waals surface area (Å²) in [5.41, 5.74) is 0. The minimum absolute atomic E-state index is 0.821. The molecule has 0 aliphatic rings. The monoisotopic (exact) mass is 238 g/mol. The number of halogens is 6. The summed E-state index contributed by atoms with van der Waals surface area (Å²) in [6, 6.07) is 0. The topological polar surface area (TPSA) is 26.3 Å². The van der Waals surface area contributed by atoms with Gasteiger partial charge in [0.2, 0.25) is 0 Å². The molecule has 0 amide bonds. The minimum atomic E-state index is -5.84. The van der Waals surface area contributed by atoms with Gasteiger partial charge in [-0.3, -0.25) is 9.53 Å². The van der Waals surface area contributed by atoms with Crippen LogP contribution in [-0.4, -0.2) is 24.4 Å². The second kappa shape index (κ2) is 3.99. The molecule has 0 aromatic rings. The van der Waals surface area contributed by atoms with Crippen LogP contribution in [0.5, 0.6) is 0 Å². The third kappa shape index (κ3) is 3.08. The van der Waals surface area contributed by atoms with E-state index in [1.54, 1.807) is 0 Å². The molecule has 0 bridgehead atoms. The Morgan fingerprint density at radius 1 is 1.07 bits per heavy atom. The van der Waals surface area contributed by atoms with Gasteiger partial charge in [0.15, 0.2) is 6.29 Å². The lowest BCUT2D eigenvalue weighted by Crippen LogP contribution is -2.50. The zero-order valence-corrected chi connectivity index (χ0v) is 7.74. The minimum Gasteiger partial charge on any atom is -0.297 e. The summed E-state index contributed by atoms with van der Waals surface area (Å²) in [5, 5.41) is 0. The van der Waals surface area contributed by atoms with Crippen LogP contribution < -0.4 is 0 Å². The van der Waals surface area contributed by atoms with Gasteiger partial charge < -0.3 is 0 Å². The lowest BCUT2D eigenvalue weighted by atomic mass is 10.2. The maximum absolute atomic E-state index is 12.7. The van der Waals surface area contributed by atoms with E-state index in [-0.39, 0.29) is 0 Å². The van der Waals surface area contributed by atoms with Crippen LogP contribution in [0.4, 0.5) is 26.3 Å². The Hall–Kier alpha value is -0.790. The van der Waals surface area contributed by atoms with Crippen LogP contribution >= 0.6 is 0 Å². The van der Waals surface area contributed by atoms with Gasteiger partial charge in [0.25, 0.3) is 0 Å². The first-order valence-electron chi connectivity index (χ1n) is 3.76. The number of alkyl halides is 6. The average molecular weight is 238 g/mol. The van der Waals surface area contributed by atoms with Crippen LogP contribution in [0.3, 0.4) is 0 Å². The van der Waals surface area contributed by atoms with Crippen molar-refractivity contribution < 1.29 is 35.9 Å². The Bertz CT molecular complexity index is 236. The lowest BCUT2D eigenvalue weighted by molar-refractivity contribution is -0.399. The van der Waals surface area contributed by atoms with Gasteiger partial charge in [0.05, 0.1) is 0 Å². The molecule has 0 aromatic carbocycles. The predicted molar refractivity (Wildman–Crippen MR) is 36.8 cm³/mol. The van der Waals surface area contributed by atoms with E-state index >= 15 is 0 Å². The van der Waals surface area contributed by atoms with Crippen molar-refractivity contribution in [1.29, 1.82) is 0 Å². The van der Waals surface area contributed by atoms with E-state index in [0.29, 0.717) is 0 Å². The number of hydrogen-bond donors (Lipinski definition) is 0. The molecule has 1 atom stereocenters. The number of carbonyl (C=O) groups is 1. The van der Waals surface area contributed by atoms with Crippen LogP contribution in [0, 0.1) is 5.92 Å². The van der Waals surface area contributed by atoms with Gasteiger partial charge in [-0.2, -0.15) is 26.3 Å². The highest BCUT2D eigenvalue weighted by Gasteiger charge is 2.63. The smallest absolute Gasteiger partial charge is 0.297 e. The van der Waals surface area contributed by atoms with Crippen LogP contribution in [-0.2, 0) is 9.53 Å². The SMILES string of the molecule is CC(C)C(F)(F)OC(F)(C=O)C(F)(F)F. The molecule has 0 rings (SSSR count). The van der Waals surface area contributed by atoms with Crippen molar-refractivity contribution in [3.05, 3.63) is 0 Å². The van der Waals surface area contributed by atoms with Gasteiger partial charge >= 0.3 is 18.1 Å². The van der Waals surface area contributed by atoms with Crippen LogP contribution in [0.15, 0.2) is 0 Å². The van der Waals surface area contributed by atoms with Crippen molar-refractivity contribution in [3.63, 3.8) is 0 Å². The molecule has 0 aliphatic carbocycles. The Morgan fingerprint density at radius 3 is 1.67 bits per heavy atom. The lowest BCUT2D eigenvalue weighted by Gasteiger charge is -2.29. The molecule has 0 saturated heterocycles. The maximum Gasteiger partial charge on any atom is 0.456 e. The third-order valence-corrected chi connectivity index (χ3v) is 1.49. The second-order valence-corrected chi connectivity index (χ2v) is 3.08. The summed E-state index contributed by atoms with van der Waals surface area (Å²) < 4.78 is 76.4. The molecular weight excluding hydrogens is 230 g/mol. The van der Waals surface area contributed by atoms with Crippen molar-refractivity contribution >= 4 is 6.29 Å². The molecule has 0 radical (unpaired) electrons. The Kier molecular flexibility index (Phi) is 3.78. The van der Waals surface area contributed by atoms with Crippen LogP contribution in [0.25, 0.3) is 0 Å². The zero-order valence-electron chi connectivity index (χ0n) is 7.74. The van der Waals surface area contributed by atoms with Crippen LogP contribution in [0.2, 0.25) is 0 Å². The quantitative estimate of drug-likeness (QED) is 0.556. The molecule has 0 spiro atoms. The van der Waals surface area contributed by atoms with E-state index in [0.717, 1.165) is 13.8 Å². The summed E-state index contributed by atoms with van der Waals surface area (Å²) in [5.74, 6) is -6.68. The summed E-state index contributed by atoms with van der Waals surface area (Å²) in [6.07, 6.45) is -11.6. The molecule has 8 heteroatoms. The maximum atomic E-state index is 12.7. The molecule has 0 N–H and O–H groups in total. The molecule has 0 saturated carbocycles. The first kappa shape index (κ1) is 14.2. The van der Waals surface area contributed by atoms with E-state index in [1.165, 1.54) is 0 Å². The molecule has 15 heavy (non-hydrogen) atoms. The Balaban J connectivity index is 4.96. The van der Waals surface area contributed by atoms with E-state index < -0.39 is 30.3 Å². The van der Waals surface area contributed by atoms with Crippen molar-refractivity contribution in [2.75, 3.05) is 0 Å². The number of hydrogen-bond acceptors (Lipinski definition) is 2. The van der Waals surface area contributed by atoms with E-state index in [9.17, 15) is 31.1 Å². The van der Waals surface area contributed by atoms with Crippen molar-refractivity contribution in [3.8, 4) is 0 Å². The fourth-order valence-corrected chi connectivity index (χ4v) is 0.465. The molecule has 0 aromatic heterocycles. The summed E-state index contributed by atoms with van der Waals surface area (Å²) in [7, 11) is 0. The fraction of sp³-hybridized carbons (Fsp3) is 0.857. The molecular formula is C7H8F6O2. The van der Waals surface area contributed by atoms with Gasteiger partial charge in [-0.05, 0) is 0 Å². The fourth-order valence-electron chi connectivity index (χ4n) is 0.465. The van der Waals surface area contributed by atoms with Gasteiger partial charge in [-0.1, -0.05) is 13.8 Å². The largest absolute Gasteiger partial charge is 0.456 e. The normalized spacial score (nSPS) is 17.7. The van der Waals surface area contributed by atoms with Gasteiger partial charge in [0.1, 0.15) is 0 Å². The first-order chi connectivity index (χ1) is 6.46. The highest BCUT2D eigenvalue weighted by molar-refractivity contribution is 5.61. The highest BCUT2D eigenvalue weighted by atomic mass is 19.4. The third-order valence-electron chi connectivity index (χ3n) is 1.49. The zero-order chi connectivity index (χ0) is 12.5. The van der Waals surface area contributed by atoms with Crippen molar-refractivity contribution in [2.45, 2.75) is 32.0 Å². The van der Waals surface area contributed by atoms with E-state index in [2.05, 4.69) is 4.74 Å². The summed E-state index contributed by atoms with van der Waals surface area (Å²) >= 11 is 0. The molecule has 0 heterocycles. The molecule has 0 fully saturated rings. The number of carbonyl (C=O) groups excluding carboxylic acids is 1. The first-order valence-corrected chi connectivity index (χ1v) is 3.76. The second-order valence-electron chi connectivity index (χ2n) is 3.08. The predicted octanol–water partition coefficient (Wildman–Crippen LogP) is 2.68. The van der Waals surface area contributed by atoms with Crippen molar-refractivity contribution in [1.82, 2.24) is 0 Å². The number of ether oxygens (including phenoxy) is 1. The summed E-state index contributed by atoms with van der Waals surface area (Å²) in [4.78, 5) is 9.82. The molecule has 2 nitrogen and oxygen atoms in total. The standard InChI is InChI=1S/C7H8F6O2/c1-4(2)6(9,10)15-5(8,3-14)7(11,12)13/h3-4H,1-2H3. The average Bonchev–Trinajstić information content (AvgIpc) is 2.01. The van der Waals surface area contributed by atoms with Gasteiger partial charge in [-0.25, -0.2) is 0 Å². The molecule has 90 valence electrons. The number of rotatable bonds is 4. The van der Waals surface area contributed by atoms with Crippen molar-refractivity contribution in [2.24, 2.45) is 5.92 Å². The van der Waals surface area contributed by atoms with E-state index in [1.807, 2.05) is 0 Å².